The minimum atomic E-state index is 0.573. The number of nitrogens with zero attached hydrogens (tertiary/aromatic N) is 4. The smallest absolute Gasteiger partial charge is 0.0794 e. The molecule has 1 aliphatic heterocycles. The number of hydrogen-bond acceptors (Lipinski definition) is 5. The quantitative estimate of drug-likeness (QED) is 0.874. The fourth-order valence-corrected chi connectivity index (χ4v) is 2.83. The van der Waals surface area contributed by atoms with Crippen LogP contribution < -0.4 is 5.73 Å². The molecule has 5 nitrogen and oxygen atoms in total. The Morgan fingerprint density at radius 1 is 1.35 bits per heavy atom. The third-order valence-corrected chi connectivity index (χ3v) is 3.88. The lowest BCUT2D eigenvalue weighted by molar-refractivity contribution is 0.206. The molecule has 3 rings (SSSR count). The fraction of sp³-hybridized carbons (Fsp3) is 0.455. The highest BCUT2D eigenvalue weighted by Gasteiger charge is 2.19. The van der Waals surface area contributed by atoms with Crippen LogP contribution in [0.4, 0.5) is 0 Å². The zero-order chi connectivity index (χ0) is 11.7. The van der Waals surface area contributed by atoms with Crippen LogP contribution in [0, 0.1) is 0 Å². The van der Waals surface area contributed by atoms with Crippen LogP contribution in [0.15, 0.2) is 17.9 Å². The summed E-state index contributed by atoms with van der Waals surface area (Å²) in [5, 5.41) is 4.36. The van der Waals surface area contributed by atoms with Gasteiger partial charge in [0.2, 0.25) is 0 Å². The molecule has 90 valence electrons. The lowest BCUT2D eigenvalue weighted by atomic mass is 10.2. The van der Waals surface area contributed by atoms with Gasteiger partial charge >= 0.3 is 0 Å². The summed E-state index contributed by atoms with van der Waals surface area (Å²) < 4.78 is 2.07. The normalized spacial score (nSPS) is 16.1. The van der Waals surface area contributed by atoms with Crippen molar-refractivity contribution in [2.75, 3.05) is 6.54 Å². The van der Waals surface area contributed by atoms with Gasteiger partial charge in [0.25, 0.3) is 0 Å². The van der Waals surface area contributed by atoms with Gasteiger partial charge < -0.3 is 5.73 Å². The molecule has 2 aromatic rings. The highest BCUT2D eigenvalue weighted by Crippen LogP contribution is 2.19. The Kier molecular flexibility index (Phi) is 2.92. The number of rotatable bonds is 3. The van der Waals surface area contributed by atoms with E-state index in [0.717, 1.165) is 26.2 Å². The van der Waals surface area contributed by atoms with E-state index in [9.17, 15) is 0 Å². The maximum atomic E-state index is 5.72. The van der Waals surface area contributed by atoms with E-state index in [1.54, 1.807) is 11.3 Å². The standard InChI is InChI=1S/C11H15N5S/c12-3-9-4-14-16-2-1-15(7-11(9)16)6-10-5-13-8-17-10/h4-5,8H,1-3,6-7,12H2. The molecule has 3 heterocycles. The molecule has 0 saturated heterocycles. The van der Waals surface area contributed by atoms with Crippen molar-refractivity contribution in [2.45, 2.75) is 26.2 Å². The van der Waals surface area contributed by atoms with Crippen molar-refractivity contribution in [3.05, 3.63) is 34.0 Å². The maximum absolute atomic E-state index is 5.72. The third-order valence-electron chi connectivity index (χ3n) is 3.12. The Morgan fingerprint density at radius 2 is 2.29 bits per heavy atom. The van der Waals surface area contributed by atoms with Gasteiger partial charge in [0.1, 0.15) is 0 Å². The van der Waals surface area contributed by atoms with Crippen LogP contribution >= 0.6 is 11.3 Å². The van der Waals surface area contributed by atoms with Gasteiger partial charge in [-0.05, 0) is 0 Å². The van der Waals surface area contributed by atoms with E-state index < -0.39 is 0 Å². The first-order chi connectivity index (χ1) is 8.36. The number of fused-ring (bicyclic) bond motifs is 1. The van der Waals surface area contributed by atoms with Crippen molar-refractivity contribution >= 4 is 11.3 Å². The molecule has 17 heavy (non-hydrogen) atoms. The number of hydrogen-bond donors (Lipinski definition) is 1. The molecule has 0 aliphatic carbocycles. The number of aromatic nitrogens is 3. The third kappa shape index (κ3) is 2.11. The van der Waals surface area contributed by atoms with Crippen LogP contribution in [-0.2, 0) is 26.2 Å². The average molecular weight is 249 g/mol. The van der Waals surface area contributed by atoms with Gasteiger partial charge in [-0.3, -0.25) is 14.6 Å². The average Bonchev–Trinajstić information content (AvgIpc) is 2.97. The minimum Gasteiger partial charge on any atom is -0.326 e. The topological polar surface area (TPSA) is 60.0 Å². The Balaban J connectivity index is 1.75. The van der Waals surface area contributed by atoms with Crippen molar-refractivity contribution < 1.29 is 0 Å². The van der Waals surface area contributed by atoms with Crippen molar-refractivity contribution in [3.63, 3.8) is 0 Å². The molecule has 2 aromatic heterocycles. The molecule has 0 fully saturated rings. The van der Waals surface area contributed by atoms with Gasteiger partial charge in [-0.25, -0.2) is 0 Å². The first-order valence-electron chi connectivity index (χ1n) is 5.70. The minimum absolute atomic E-state index is 0.573. The van der Waals surface area contributed by atoms with Crippen molar-refractivity contribution in [1.82, 2.24) is 19.7 Å². The molecule has 0 amide bonds. The number of thiazole rings is 1. The molecule has 6 heteroatoms. The van der Waals surface area contributed by atoms with Gasteiger partial charge in [-0.1, -0.05) is 0 Å². The summed E-state index contributed by atoms with van der Waals surface area (Å²) in [5.74, 6) is 0. The second-order valence-electron chi connectivity index (χ2n) is 4.22. The van der Waals surface area contributed by atoms with E-state index in [1.807, 2.05) is 17.9 Å². The van der Waals surface area contributed by atoms with E-state index in [0.29, 0.717) is 6.54 Å². The molecule has 0 aromatic carbocycles. The van der Waals surface area contributed by atoms with Crippen molar-refractivity contribution in [2.24, 2.45) is 5.73 Å². The molecule has 0 unspecified atom stereocenters. The Morgan fingerprint density at radius 3 is 3.06 bits per heavy atom. The van der Waals surface area contributed by atoms with Crippen LogP contribution in [0.25, 0.3) is 0 Å². The van der Waals surface area contributed by atoms with Crippen LogP contribution in [0.3, 0.4) is 0 Å². The fourth-order valence-electron chi connectivity index (χ4n) is 2.20. The maximum Gasteiger partial charge on any atom is 0.0794 e. The van der Waals surface area contributed by atoms with Gasteiger partial charge in [0, 0.05) is 42.8 Å². The molecule has 0 radical (unpaired) electrons. The molecule has 0 bridgehead atoms. The first-order valence-corrected chi connectivity index (χ1v) is 6.58. The predicted molar refractivity (Wildman–Crippen MR) is 66.3 cm³/mol. The number of nitrogens with two attached hydrogens (primary N) is 1. The first kappa shape index (κ1) is 10.9. The Labute approximate surface area is 104 Å². The largest absolute Gasteiger partial charge is 0.326 e. The molecule has 0 atom stereocenters. The summed E-state index contributed by atoms with van der Waals surface area (Å²) in [5.41, 5.74) is 10.0. The van der Waals surface area contributed by atoms with E-state index >= 15 is 0 Å². The monoisotopic (exact) mass is 249 g/mol. The van der Waals surface area contributed by atoms with Gasteiger partial charge in [-0.15, -0.1) is 11.3 Å². The molecule has 0 saturated carbocycles. The summed E-state index contributed by atoms with van der Waals surface area (Å²) in [6, 6.07) is 0. The Hall–Kier alpha value is -1.24. The van der Waals surface area contributed by atoms with Crippen molar-refractivity contribution in [1.29, 1.82) is 0 Å². The Bertz CT molecular complexity index is 476. The molecule has 2 N–H and O–H groups in total. The molecular formula is C11H15N5S. The lowest BCUT2D eigenvalue weighted by Crippen LogP contribution is -2.33. The molecular weight excluding hydrogens is 234 g/mol. The van der Waals surface area contributed by atoms with E-state index in [-0.39, 0.29) is 0 Å². The second-order valence-corrected chi connectivity index (χ2v) is 5.19. The van der Waals surface area contributed by atoms with Gasteiger partial charge in [0.05, 0.1) is 23.9 Å². The van der Waals surface area contributed by atoms with Crippen LogP contribution in [0.1, 0.15) is 16.1 Å². The summed E-state index contributed by atoms with van der Waals surface area (Å²) in [6.07, 6.45) is 3.84. The van der Waals surface area contributed by atoms with E-state index in [2.05, 4.69) is 19.7 Å². The zero-order valence-electron chi connectivity index (χ0n) is 9.54. The van der Waals surface area contributed by atoms with Gasteiger partial charge in [0.15, 0.2) is 0 Å². The van der Waals surface area contributed by atoms with E-state index in [4.69, 9.17) is 5.73 Å². The SMILES string of the molecule is NCc1cnn2c1CN(Cc1cncs1)CC2. The highest BCUT2D eigenvalue weighted by molar-refractivity contribution is 7.09. The summed E-state index contributed by atoms with van der Waals surface area (Å²) >= 11 is 1.71. The van der Waals surface area contributed by atoms with E-state index in [1.165, 1.54) is 16.1 Å². The highest BCUT2D eigenvalue weighted by atomic mass is 32.1. The zero-order valence-corrected chi connectivity index (χ0v) is 10.4. The molecule has 0 spiro atoms. The second kappa shape index (κ2) is 4.56. The lowest BCUT2D eigenvalue weighted by Gasteiger charge is -2.27. The summed E-state index contributed by atoms with van der Waals surface area (Å²) in [7, 11) is 0. The summed E-state index contributed by atoms with van der Waals surface area (Å²) in [6.45, 7) is 4.47. The molecule has 1 aliphatic rings. The van der Waals surface area contributed by atoms with Crippen LogP contribution in [0.2, 0.25) is 0 Å². The van der Waals surface area contributed by atoms with Gasteiger partial charge in [-0.2, -0.15) is 5.10 Å². The van der Waals surface area contributed by atoms with Crippen LogP contribution in [0.5, 0.6) is 0 Å². The van der Waals surface area contributed by atoms with Crippen LogP contribution in [-0.4, -0.2) is 26.2 Å². The van der Waals surface area contributed by atoms with Crippen molar-refractivity contribution in [3.8, 4) is 0 Å². The summed E-state index contributed by atoms with van der Waals surface area (Å²) in [4.78, 5) is 7.84. The predicted octanol–water partition coefficient (Wildman–Crippen LogP) is 0.814.